The summed E-state index contributed by atoms with van der Waals surface area (Å²) < 4.78 is 5.10. The zero-order valence-electron chi connectivity index (χ0n) is 11.0. The van der Waals surface area contributed by atoms with Crippen molar-refractivity contribution >= 4 is 0 Å². The Hall–Kier alpha value is -0.120. The quantitative estimate of drug-likeness (QED) is 0.635. The molecule has 0 saturated heterocycles. The lowest BCUT2D eigenvalue weighted by Gasteiger charge is -2.32. The van der Waals surface area contributed by atoms with Gasteiger partial charge in [0, 0.05) is 25.7 Å². The van der Waals surface area contributed by atoms with Crippen LogP contribution < -0.4 is 5.32 Å². The largest absolute Gasteiger partial charge is 0.383 e. The van der Waals surface area contributed by atoms with E-state index in [1.165, 1.54) is 12.8 Å². The average Bonchev–Trinajstić information content (AvgIpc) is 2.26. The smallest absolute Gasteiger partial charge is 0.0589 e. The summed E-state index contributed by atoms with van der Waals surface area (Å²) in [6.07, 6.45) is 2.38. The van der Waals surface area contributed by atoms with Gasteiger partial charge in [0.2, 0.25) is 0 Å². The highest BCUT2D eigenvalue weighted by molar-refractivity contribution is 4.78. The van der Waals surface area contributed by atoms with Crippen LogP contribution in [0.2, 0.25) is 0 Å². The van der Waals surface area contributed by atoms with Crippen molar-refractivity contribution in [1.82, 2.24) is 10.2 Å². The molecule has 15 heavy (non-hydrogen) atoms. The first-order valence-corrected chi connectivity index (χ1v) is 6.09. The third-order valence-corrected chi connectivity index (χ3v) is 3.02. The fraction of sp³-hybridized carbons (Fsp3) is 1.00. The maximum atomic E-state index is 5.10. The molecule has 0 amide bonds. The lowest BCUT2D eigenvalue weighted by Crippen LogP contribution is -2.47. The van der Waals surface area contributed by atoms with Gasteiger partial charge in [-0.3, -0.25) is 4.90 Å². The molecule has 0 bridgehead atoms. The van der Waals surface area contributed by atoms with E-state index in [-0.39, 0.29) is 0 Å². The van der Waals surface area contributed by atoms with Crippen molar-refractivity contribution in [2.75, 3.05) is 33.9 Å². The van der Waals surface area contributed by atoms with Crippen LogP contribution in [0.5, 0.6) is 0 Å². The van der Waals surface area contributed by atoms with Crippen LogP contribution >= 0.6 is 0 Å². The molecule has 3 nitrogen and oxygen atoms in total. The van der Waals surface area contributed by atoms with Crippen molar-refractivity contribution < 1.29 is 4.74 Å². The second-order valence-corrected chi connectivity index (χ2v) is 4.18. The third-order valence-electron chi connectivity index (χ3n) is 3.02. The van der Waals surface area contributed by atoms with Crippen LogP contribution in [0.3, 0.4) is 0 Å². The van der Waals surface area contributed by atoms with Crippen LogP contribution in [0.1, 0.15) is 33.6 Å². The second-order valence-electron chi connectivity index (χ2n) is 4.18. The molecule has 0 aromatic heterocycles. The first kappa shape index (κ1) is 14.9. The summed E-state index contributed by atoms with van der Waals surface area (Å²) in [5, 5.41) is 3.59. The predicted molar refractivity (Wildman–Crippen MR) is 66.3 cm³/mol. The van der Waals surface area contributed by atoms with Crippen molar-refractivity contribution in [2.24, 2.45) is 0 Å². The summed E-state index contributed by atoms with van der Waals surface area (Å²) in [7, 11) is 3.92. The molecule has 0 aliphatic heterocycles. The number of likely N-dealkylation sites (N-methyl/N-ethyl adjacent to an activating group) is 1. The normalized spacial score (nSPS) is 15.6. The van der Waals surface area contributed by atoms with Crippen LogP contribution in [-0.2, 0) is 4.74 Å². The highest BCUT2D eigenvalue weighted by atomic mass is 16.5. The number of methoxy groups -OCH3 is 1. The summed E-state index contributed by atoms with van der Waals surface area (Å²) in [5.74, 6) is 0. The molecule has 0 radical (unpaired) electrons. The molecule has 2 atom stereocenters. The maximum Gasteiger partial charge on any atom is 0.0589 e. The minimum atomic E-state index is 0.566. The van der Waals surface area contributed by atoms with Crippen molar-refractivity contribution in [3.63, 3.8) is 0 Å². The highest BCUT2D eigenvalue weighted by Gasteiger charge is 2.18. The van der Waals surface area contributed by atoms with Gasteiger partial charge in [-0.05, 0) is 33.4 Å². The first-order valence-electron chi connectivity index (χ1n) is 6.09. The molecule has 0 rings (SSSR count). The van der Waals surface area contributed by atoms with E-state index in [4.69, 9.17) is 4.74 Å². The Labute approximate surface area is 95.2 Å². The van der Waals surface area contributed by atoms with Gasteiger partial charge in [-0.15, -0.1) is 0 Å². The third kappa shape index (κ3) is 6.13. The van der Waals surface area contributed by atoms with Gasteiger partial charge in [0.25, 0.3) is 0 Å². The molecule has 0 spiro atoms. The van der Waals surface area contributed by atoms with Gasteiger partial charge >= 0.3 is 0 Å². The molecule has 0 fully saturated rings. The Bertz CT molecular complexity index is 142. The molecule has 1 N–H and O–H groups in total. The van der Waals surface area contributed by atoms with Gasteiger partial charge in [-0.2, -0.15) is 0 Å². The predicted octanol–water partition coefficient (Wildman–Crippen LogP) is 1.73. The van der Waals surface area contributed by atoms with Crippen molar-refractivity contribution in [3.8, 4) is 0 Å². The molecule has 0 aromatic carbocycles. The summed E-state index contributed by atoms with van der Waals surface area (Å²) in [4.78, 5) is 2.36. The van der Waals surface area contributed by atoms with Gasteiger partial charge < -0.3 is 10.1 Å². The van der Waals surface area contributed by atoms with Crippen LogP contribution in [0, 0.1) is 0 Å². The van der Waals surface area contributed by atoms with E-state index in [0.29, 0.717) is 12.1 Å². The SMILES string of the molecule is CCCNC(CC)C(C)N(C)CCOC. The fourth-order valence-corrected chi connectivity index (χ4v) is 1.73. The Morgan fingerprint density at radius 3 is 2.47 bits per heavy atom. The zero-order valence-corrected chi connectivity index (χ0v) is 11.0. The highest BCUT2D eigenvalue weighted by Crippen LogP contribution is 2.05. The van der Waals surface area contributed by atoms with Gasteiger partial charge in [-0.1, -0.05) is 13.8 Å². The molecule has 0 aromatic rings. The number of hydrogen-bond acceptors (Lipinski definition) is 3. The van der Waals surface area contributed by atoms with Gasteiger partial charge in [0.1, 0.15) is 0 Å². The van der Waals surface area contributed by atoms with Crippen molar-refractivity contribution in [2.45, 2.75) is 45.7 Å². The zero-order chi connectivity index (χ0) is 11.7. The molecule has 2 unspecified atom stereocenters. The maximum absolute atomic E-state index is 5.10. The Morgan fingerprint density at radius 2 is 2.00 bits per heavy atom. The van der Waals surface area contributed by atoms with E-state index in [2.05, 4.69) is 38.0 Å². The number of nitrogens with one attached hydrogen (secondary N) is 1. The monoisotopic (exact) mass is 216 g/mol. The second kappa shape index (κ2) is 9.13. The van der Waals surface area contributed by atoms with E-state index in [0.717, 1.165) is 19.7 Å². The van der Waals surface area contributed by atoms with Crippen LogP contribution in [0.4, 0.5) is 0 Å². The Balaban J connectivity index is 3.93. The number of rotatable bonds is 9. The average molecular weight is 216 g/mol. The number of hydrogen-bond donors (Lipinski definition) is 1. The number of ether oxygens (including phenoxy) is 1. The molecular weight excluding hydrogens is 188 g/mol. The lowest BCUT2D eigenvalue weighted by atomic mass is 10.1. The van der Waals surface area contributed by atoms with Gasteiger partial charge in [-0.25, -0.2) is 0 Å². The standard InChI is InChI=1S/C12H28N2O/c1-6-8-13-12(7-2)11(3)14(4)9-10-15-5/h11-13H,6-10H2,1-5H3. The minimum absolute atomic E-state index is 0.566. The van der Waals surface area contributed by atoms with E-state index in [1.807, 2.05) is 0 Å². The van der Waals surface area contributed by atoms with Crippen LogP contribution in [-0.4, -0.2) is 50.8 Å². The Kier molecular flexibility index (Phi) is 9.06. The van der Waals surface area contributed by atoms with E-state index in [9.17, 15) is 0 Å². The summed E-state index contributed by atoms with van der Waals surface area (Å²) in [6, 6.07) is 1.16. The van der Waals surface area contributed by atoms with Gasteiger partial charge in [0.05, 0.1) is 6.61 Å². The molecule has 0 aliphatic rings. The van der Waals surface area contributed by atoms with Gasteiger partial charge in [0.15, 0.2) is 0 Å². The molecule has 0 saturated carbocycles. The molecular formula is C12H28N2O. The lowest BCUT2D eigenvalue weighted by molar-refractivity contribution is 0.128. The number of nitrogens with zero attached hydrogens (tertiary/aromatic N) is 1. The first-order chi connectivity index (χ1) is 7.17. The minimum Gasteiger partial charge on any atom is -0.383 e. The Morgan fingerprint density at radius 1 is 1.33 bits per heavy atom. The van der Waals surface area contributed by atoms with Crippen molar-refractivity contribution in [3.05, 3.63) is 0 Å². The van der Waals surface area contributed by atoms with Crippen LogP contribution in [0.15, 0.2) is 0 Å². The summed E-state index contributed by atoms with van der Waals surface area (Å²) in [6.45, 7) is 9.66. The van der Waals surface area contributed by atoms with Crippen molar-refractivity contribution in [1.29, 1.82) is 0 Å². The molecule has 0 aliphatic carbocycles. The summed E-state index contributed by atoms with van der Waals surface area (Å²) >= 11 is 0. The van der Waals surface area contributed by atoms with E-state index in [1.54, 1.807) is 7.11 Å². The topological polar surface area (TPSA) is 24.5 Å². The fourth-order valence-electron chi connectivity index (χ4n) is 1.73. The molecule has 92 valence electrons. The van der Waals surface area contributed by atoms with E-state index >= 15 is 0 Å². The summed E-state index contributed by atoms with van der Waals surface area (Å²) in [5.41, 5.74) is 0. The molecule has 0 heterocycles. The van der Waals surface area contributed by atoms with E-state index < -0.39 is 0 Å². The molecule has 3 heteroatoms. The van der Waals surface area contributed by atoms with Crippen LogP contribution in [0.25, 0.3) is 0 Å².